The van der Waals surface area contributed by atoms with Gasteiger partial charge in [-0.15, -0.1) is 10.2 Å². The molecule has 0 aliphatic carbocycles. The first-order valence-electron chi connectivity index (χ1n) is 7.33. The number of halogens is 1. The minimum absolute atomic E-state index is 0.0544. The summed E-state index contributed by atoms with van der Waals surface area (Å²) < 4.78 is 1.39. The van der Waals surface area contributed by atoms with Crippen molar-refractivity contribution in [3.8, 4) is 11.4 Å². The second kappa shape index (κ2) is 7.12. The van der Waals surface area contributed by atoms with E-state index in [1.165, 1.54) is 22.5 Å². The molecule has 0 amide bonds. The largest absolute Gasteiger partial charge is 0.335 e. The van der Waals surface area contributed by atoms with Gasteiger partial charge in [0, 0.05) is 28.0 Å². The van der Waals surface area contributed by atoms with Crippen molar-refractivity contribution in [2.24, 2.45) is 0 Å². The van der Waals surface area contributed by atoms with E-state index in [-0.39, 0.29) is 10.9 Å². The molecule has 2 N–H and O–H groups in total. The maximum absolute atomic E-state index is 10.9. The molecule has 0 spiro atoms. The summed E-state index contributed by atoms with van der Waals surface area (Å²) in [5.41, 5.74) is 1.63. The SMILES string of the molecule is C[C@@H](Sc1nnc(-c2cccc(Cl)c2)n1N)c1cccc([N+](=O)[O-])c1. The van der Waals surface area contributed by atoms with E-state index >= 15 is 0 Å². The Bertz CT molecular complexity index is 930. The predicted molar refractivity (Wildman–Crippen MR) is 98.0 cm³/mol. The molecule has 2 aromatic carbocycles. The van der Waals surface area contributed by atoms with Gasteiger partial charge in [0.1, 0.15) is 0 Å². The Morgan fingerprint density at radius 1 is 1.24 bits per heavy atom. The fraction of sp³-hybridized carbons (Fsp3) is 0.125. The summed E-state index contributed by atoms with van der Waals surface area (Å²) in [6, 6.07) is 13.7. The lowest BCUT2D eigenvalue weighted by atomic mass is 10.1. The number of hydrogen-bond donors (Lipinski definition) is 1. The molecule has 0 aliphatic heterocycles. The second-order valence-corrected chi connectivity index (χ2v) is 7.04. The third kappa shape index (κ3) is 3.75. The van der Waals surface area contributed by atoms with Gasteiger partial charge in [-0.05, 0) is 24.6 Å². The molecular formula is C16H14ClN5O2S. The van der Waals surface area contributed by atoms with Crippen LogP contribution in [0.15, 0.2) is 53.7 Å². The van der Waals surface area contributed by atoms with Crippen LogP contribution in [0.4, 0.5) is 5.69 Å². The fourth-order valence-electron chi connectivity index (χ4n) is 2.30. The Hall–Kier alpha value is -2.58. The van der Waals surface area contributed by atoms with Gasteiger partial charge in [0.15, 0.2) is 5.82 Å². The van der Waals surface area contributed by atoms with E-state index in [9.17, 15) is 10.1 Å². The van der Waals surface area contributed by atoms with Crippen LogP contribution >= 0.6 is 23.4 Å². The van der Waals surface area contributed by atoms with Crippen molar-refractivity contribution in [1.29, 1.82) is 0 Å². The summed E-state index contributed by atoms with van der Waals surface area (Å²) >= 11 is 7.37. The summed E-state index contributed by atoms with van der Waals surface area (Å²) in [5, 5.41) is 20.2. The van der Waals surface area contributed by atoms with Gasteiger partial charge in [0.2, 0.25) is 5.16 Å². The van der Waals surface area contributed by atoms with Crippen molar-refractivity contribution in [2.75, 3.05) is 5.84 Å². The van der Waals surface area contributed by atoms with E-state index in [1.807, 2.05) is 25.1 Å². The number of hydrogen-bond acceptors (Lipinski definition) is 6. The van der Waals surface area contributed by atoms with Crippen LogP contribution in [0, 0.1) is 10.1 Å². The van der Waals surface area contributed by atoms with Gasteiger partial charge in [-0.25, -0.2) is 4.68 Å². The normalized spacial score (nSPS) is 12.1. The quantitative estimate of drug-likeness (QED) is 0.312. The third-order valence-corrected chi connectivity index (χ3v) is 4.93. The van der Waals surface area contributed by atoms with E-state index in [4.69, 9.17) is 17.4 Å². The first kappa shape index (κ1) is 17.2. The topological polar surface area (TPSA) is 99.9 Å². The Labute approximate surface area is 152 Å². The molecule has 0 fully saturated rings. The standard InChI is InChI=1S/C16H14ClN5O2S/c1-10(11-4-3-7-14(9-11)22(23)24)25-16-20-19-15(21(16)18)12-5-2-6-13(17)8-12/h2-10H,18H2,1H3/t10-/m1/s1. The number of nitro benzene ring substituents is 1. The number of thioether (sulfide) groups is 1. The van der Waals surface area contributed by atoms with E-state index in [1.54, 1.807) is 24.3 Å². The first-order valence-corrected chi connectivity index (χ1v) is 8.59. The number of non-ortho nitro benzene ring substituents is 1. The number of nitro groups is 1. The molecule has 3 rings (SSSR count). The molecule has 7 nitrogen and oxygen atoms in total. The Kier molecular flexibility index (Phi) is 4.91. The molecule has 128 valence electrons. The van der Waals surface area contributed by atoms with Crippen molar-refractivity contribution in [3.05, 3.63) is 69.2 Å². The first-order chi connectivity index (χ1) is 12.0. The monoisotopic (exact) mass is 375 g/mol. The van der Waals surface area contributed by atoms with Crippen LogP contribution in [0.5, 0.6) is 0 Å². The lowest BCUT2D eigenvalue weighted by molar-refractivity contribution is -0.384. The van der Waals surface area contributed by atoms with Crippen LogP contribution < -0.4 is 5.84 Å². The summed E-state index contributed by atoms with van der Waals surface area (Å²) in [5.74, 6) is 6.61. The van der Waals surface area contributed by atoms with Gasteiger partial charge in [-0.3, -0.25) is 10.1 Å². The number of rotatable bonds is 5. The fourth-order valence-corrected chi connectivity index (χ4v) is 3.38. The zero-order valence-corrected chi connectivity index (χ0v) is 14.7. The molecule has 0 saturated carbocycles. The lowest BCUT2D eigenvalue weighted by Gasteiger charge is -2.11. The third-order valence-electron chi connectivity index (χ3n) is 3.58. The van der Waals surface area contributed by atoms with E-state index < -0.39 is 4.92 Å². The van der Waals surface area contributed by atoms with Crippen molar-refractivity contribution < 1.29 is 4.92 Å². The highest BCUT2D eigenvalue weighted by Gasteiger charge is 2.18. The van der Waals surface area contributed by atoms with Gasteiger partial charge in [0.05, 0.1) is 4.92 Å². The van der Waals surface area contributed by atoms with E-state index in [2.05, 4.69) is 10.2 Å². The molecule has 1 heterocycles. The molecule has 0 radical (unpaired) electrons. The summed E-state index contributed by atoms with van der Waals surface area (Å²) in [4.78, 5) is 10.5. The Balaban J connectivity index is 1.84. The van der Waals surface area contributed by atoms with Crippen molar-refractivity contribution >= 4 is 29.1 Å². The molecule has 0 aliphatic rings. The molecule has 0 bridgehead atoms. The molecule has 25 heavy (non-hydrogen) atoms. The molecule has 9 heteroatoms. The predicted octanol–water partition coefficient (Wildman–Crippen LogP) is 4.07. The molecule has 0 unspecified atom stereocenters. The number of benzene rings is 2. The Morgan fingerprint density at radius 2 is 2.00 bits per heavy atom. The van der Waals surface area contributed by atoms with Gasteiger partial charge >= 0.3 is 0 Å². The average Bonchev–Trinajstić information content (AvgIpc) is 2.95. The van der Waals surface area contributed by atoms with E-state index in [0.717, 1.165) is 11.1 Å². The number of aromatic nitrogens is 3. The molecule has 3 aromatic rings. The van der Waals surface area contributed by atoms with Crippen molar-refractivity contribution in [1.82, 2.24) is 14.9 Å². The van der Waals surface area contributed by atoms with Gasteiger partial charge in [0.25, 0.3) is 5.69 Å². The Morgan fingerprint density at radius 3 is 2.72 bits per heavy atom. The smallest absolute Gasteiger partial charge is 0.269 e. The highest BCUT2D eigenvalue weighted by Crippen LogP contribution is 2.35. The van der Waals surface area contributed by atoms with Gasteiger partial charge < -0.3 is 5.84 Å². The highest BCUT2D eigenvalue weighted by atomic mass is 35.5. The zero-order valence-electron chi connectivity index (χ0n) is 13.2. The van der Waals surface area contributed by atoms with Crippen LogP contribution in [-0.2, 0) is 0 Å². The maximum atomic E-state index is 10.9. The highest BCUT2D eigenvalue weighted by molar-refractivity contribution is 7.99. The summed E-state index contributed by atoms with van der Waals surface area (Å²) in [6.45, 7) is 1.93. The lowest BCUT2D eigenvalue weighted by Crippen LogP contribution is -2.12. The van der Waals surface area contributed by atoms with E-state index in [0.29, 0.717) is 16.0 Å². The molecule has 0 saturated heterocycles. The van der Waals surface area contributed by atoms with Crippen LogP contribution in [0.1, 0.15) is 17.7 Å². The van der Waals surface area contributed by atoms with Gasteiger partial charge in [-0.1, -0.05) is 47.6 Å². The second-order valence-electron chi connectivity index (χ2n) is 5.30. The van der Waals surface area contributed by atoms with Crippen LogP contribution in [0.25, 0.3) is 11.4 Å². The number of nitrogen functional groups attached to an aromatic ring is 1. The number of nitrogens with two attached hydrogens (primary N) is 1. The van der Waals surface area contributed by atoms with Crippen LogP contribution in [-0.4, -0.2) is 19.8 Å². The number of nitrogens with zero attached hydrogens (tertiary/aromatic N) is 4. The van der Waals surface area contributed by atoms with Crippen LogP contribution in [0.3, 0.4) is 0 Å². The molecule has 1 atom stereocenters. The summed E-state index contributed by atoms with van der Waals surface area (Å²) in [7, 11) is 0. The zero-order chi connectivity index (χ0) is 18.0. The van der Waals surface area contributed by atoms with Gasteiger partial charge in [-0.2, -0.15) is 0 Å². The average molecular weight is 376 g/mol. The summed E-state index contributed by atoms with van der Waals surface area (Å²) in [6.07, 6.45) is 0. The minimum atomic E-state index is -0.413. The minimum Gasteiger partial charge on any atom is -0.335 e. The van der Waals surface area contributed by atoms with Crippen LogP contribution in [0.2, 0.25) is 5.02 Å². The molecular weight excluding hydrogens is 362 g/mol. The van der Waals surface area contributed by atoms with Crippen molar-refractivity contribution in [3.63, 3.8) is 0 Å². The molecule has 1 aromatic heterocycles. The maximum Gasteiger partial charge on any atom is 0.269 e. The van der Waals surface area contributed by atoms with Crippen molar-refractivity contribution in [2.45, 2.75) is 17.3 Å².